The Hall–Kier alpha value is -2.41. The number of likely N-dealkylation sites (tertiary alicyclic amines) is 1. The zero-order valence-electron chi connectivity index (χ0n) is 17.6. The number of carbonyl (C=O) groups is 3. The molecule has 2 aliphatic rings. The molecule has 2 amide bonds. The minimum atomic E-state index is -1.08. The van der Waals surface area contributed by atoms with Gasteiger partial charge in [0.15, 0.2) is 6.04 Å². The van der Waals surface area contributed by atoms with Gasteiger partial charge >= 0.3 is 5.97 Å². The highest BCUT2D eigenvalue weighted by atomic mass is 16.5. The molecule has 29 heavy (non-hydrogen) atoms. The normalized spacial score (nSPS) is 21.4. The first-order chi connectivity index (χ1) is 13.5. The number of carboxylic acids is 1. The maximum Gasteiger partial charge on any atom is 0.328 e. The van der Waals surface area contributed by atoms with Crippen LogP contribution in [0.2, 0.25) is 0 Å². The summed E-state index contributed by atoms with van der Waals surface area (Å²) in [5.41, 5.74) is 0.383. The molecule has 1 spiro atoms. The summed E-state index contributed by atoms with van der Waals surface area (Å²) in [7, 11) is 0. The van der Waals surface area contributed by atoms with Crippen molar-refractivity contribution >= 4 is 17.8 Å². The van der Waals surface area contributed by atoms with Gasteiger partial charge in [0, 0.05) is 37.9 Å². The molecule has 7 nitrogen and oxygen atoms in total. The van der Waals surface area contributed by atoms with Crippen LogP contribution < -0.4 is 0 Å². The van der Waals surface area contributed by atoms with Gasteiger partial charge in [-0.2, -0.15) is 0 Å². The quantitative estimate of drug-likeness (QED) is 0.840. The minimum absolute atomic E-state index is 0.0388. The van der Waals surface area contributed by atoms with Crippen LogP contribution in [0, 0.1) is 12.3 Å². The van der Waals surface area contributed by atoms with Crippen LogP contribution in [0.15, 0.2) is 24.3 Å². The lowest BCUT2D eigenvalue weighted by Gasteiger charge is -2.44. The SMILES string of the molecule is Cc1ccc(C(=O)N2[C@H](C(=O)O)COC23CCN(C(=O)CC(C)(C)C)CC3)cc1. The molecule has 3 rings (SSSR count). The lowest BCUT2D eigenvalue weighted by atomic mass is 9.90. The molecule has 2 saturated heterocycles. The molecule has 7 heteroatoms. The molecule has 0 radical (unpaired) electrons. The Morgan fingerprint density at radius 2 is 1.72 bits per heavy atom. The van der Waals surface area contributed by atoms with E-state index in [-0.39, 0.29) is 23.8 Å². The molecule has 1 aromatic carbocycles. The van der Waals surface area contributed by atoms with Crippen LogP contribution in [-0.4, -0.2) is 64.2 Å². The summed E-state index contributed by atoms with van der Waals surface area (Å²) < 4.78 is 5.95. The molecular formula is C22H30N2O5. The lowest BCUT2D eigenvalue weighted by molar-refractivity contribution is -0.148. The van der Waals surface area contributed by atoms with E-state index in [2.05, 4.69) is 0 Å². The standard InChI is InChI=1S/C22H30N2O5/c1-15-5-7-16(8-6-15)19(26)24-17(20(27)28)14-29-22(24)9-11-23(12-10-22)18(25)13-21(2,3)4/h5-8,17H,9-14H2,1-4H3,(H,27,28)/t17-/m0/s1. The molecule has 2 heterocycles. The van der Waals surface area contributed by atoms with Crippen molar-refractivity contribution in [1.29, 1.82) is 0 Å². The fourth-order valence-corrected chi connectivity index (χ4v) is 4.06. The summed E-state index contributed by atoms with van der Waals surface area (Å²) in [6, 6.07) is 6.07. The van der Waals surface area contributed by atoms with Crippen molar-refractivity contribution in [2.45, 2.75) is 58.7 Å². The predicted molar refractivity (Wildman–Crippen MR) is 107 cm³/mol. The molecule has 0 aromatic heterocycles. The van der Waals surface area contributed by atoms with E-state index in [1.807, 2.05) is 39.8 Å². The van der Waals surface area contributed by atoms with E-state index < -0.39 is 17.7 Å². The first kappa shape index (κ1) is 21.3. The largest absolute Gasteiger partial charge is 0.480 e. The van der Waals surface area contributed by atoms with Gasteiger partial charge in [0.2, 0.25) is 5.91 Å². The summed E-state index contributed by atoms with van der Waals surface area (Å²) in [4.78, 5) is 40.8. The van der Waals surface area contributed by atoms with Gasteiger partial charge < -0.3 is 14.7 Å². The molecule has 0 bridgehead atoms. The van der Waals surface area contributed by atoms with Crippen LogP contribution in [0.1, 0.15) is 56.0 Å². The summed E-state index contributed by atoms with van der Waals surface area (Å²) in [5.74, 6) is -1.34. The van der Waals surface area contributed by atoms with E-state index >= 15 is 0 Å². The Bertz CT molecular complexity index is 788. The van der Waals surface area contributed by atoms with Gasteiger partial charge in [-0.1, -0.05) is 38.5 Å². The first-order valence-electron chi connectivity index (χ1n) is 10.1. The second kappa shape index (κ2) is 7.78. The molecule has 2 aliphatic heterocycles. The Kier molecular flexibility index (Phi) is 5.72. The Balaban J connectivity index is 1.80. The van der Waals surface area contributed by atoms with Crippen LogP contribution in [0.25, 0.3) is 0 Å². The Morgan fingerprint density at radius 1 is 1.14 bits per heavy atom. The predicted octanol–water partition coefficient (Wildman–Crippen LogP) is 2.68. The van der Waals surface area contributed by atoms with Crippen molar-refractivity contribution in [3.05, 3.63) is 35.4 Å². The number of nitrogens with zero attached hydrogens (tertiary/aromatic N) is 2. The highest BCUT2D eigenvalue weighted by Crippen LogP contribution is 2.39. The number of aliphatic carboxylic acids is 1. The van der Waals surface area contributed by atoms with Crippen molar-refractivity contribution in [2.75, 3.05) is 19.7 Å². The molecule has 0 aliphatic carbocycles. The zero-order chi connectivity index (χ0) is 21.4. The van der Waals surface area contributed by atoms with Crippen LogP contribution in [-0.2, 0) is 14.3 Å². The third kappa shape index (κ3) is 4.45. The number of amides is 2. The van der Waals surface area contributed by atoms with Crippen LogP contribution in [0.3, 0.4) is 0 Å². The molecule has 1 N–H and O–H groups in total. The van der Waals surface area contributed by atoms with Gasteiger partial charge in [0.25, 0.3) is 5.91 Å². The fraction of sp³-hybridized carbons (Fsp3) is 0.591. The second-order valence-corrected chi connectivity index (χ2v) is 9.27. The van der Waals surface area contributed by atoms with E-state index in [1.54, 1.807) is 17.0 Å². The highest BCUT2D eigenvalue weighted by molar-refractivity contribution is 5.97. The first-order valence-corrected chi connectivity index (χ1v) is 10.1. The number of carboxylic acid groups (broad SMARTS) is 1. The molecule has 1 atom stereocenters. The number of hydrogen-bond acceptors (Lipinski definition) is 4. The van der Waals surface area contributed by atoms with Crippen LogP contribution >= 0.6 is 0 Å². The van der Waals surface area contributed by atoms with Crippen molar-refractivity contribution in [1.82, 2.24) is 9.80 Å². The number of rotatable bonds is 3. The number of hydrogen-bond donors (Lipinski definition) is 1. The van der Waals surface area contributed by atoms with E-state index in [9.17, 15) is 19.5 Å². The molecular weight excluding hydrogens is 372 g/mol. The maximum atomic E-state index is 13.3. The topological polar surface area (TPSA) is 87.2 Å². The van der Waals surface area contributed by atoms with Gasteiger partial charge in [-0.3, -0.25) is 14.5 Å². The minimum Gasteiger partial charge on any atom is -0.480 e. The van der Waals surface area contributed by atoms with Crippen molar-refractivity contribution in [3.63, 3.8) is 0 Å². The number of carbonyl (C=O) groups excluding carboxylic acids is 2. The smallest absolute Gasteiger partial charge is 0.328 e. The molecule has 158 valence electrons. The second-order valence-electron chi connectivity index (χ2n) is 9.27. The number of aryl methyl sites for hydroxylation is 1. The summed E-state index contributed by atoms with van der Waals surface area (Å²) >= 11 is 0. The average Bonchev–Trinajstić information content (AvgIpc) is 3.00. The Labute approximate surface area is 171 Å². The lowest BCUT2D eigenvalue weighted by Crippen LogP contribution is -2.58. The van der Waals surface area contributed by atoms with Crippen molar-refractivity contribution < 1.29 is 24.2 Å². The van der Waals surface area contributed by atoms with E-state index in [4.69, 9.17) is 4.74 Å². The third-order valence-corrected chi connectivity index (χ3v) is 5.64. The van der Waals surface area contributed by atoms with Crippen LogP contribution in [0.5, 0.6) is 0 Å². The fourth-order valence-electron chi connectivity index (χ4n) is 4.06. The van der Waals surface area contributed by atoms with Gasteiger partial charge in [0.1, 0.15) is 5.72 Å². The average molecular weight is 402 g/mol. The summed E-state index contributed by atoms with van der Waals surface area (Å²) in [5, 5.41) is 9.67. The van der Waals surface area contributed by atoms with E-state index in [0.717, 1.165) is 5.56 Å². The van der Waals surface area contributed by atoms with Crippen LogP contribution in [0.4, 0.5) is 0 Å². The van der Waals surface area contributed by atoms with E-state index in [0.29, 0.717) is 37.9 Å². The molecule has 1 aromatic rings. The third-order valence-electron chi connectivity index (χ3n) is 5.64. The molecule has 0 saturated carbocycles. The summed E-state index contributed by atoms with van der Waals surface area (Å²) in [6.07, 6.45) is 1.26. The molecule has 2 fully saturated rings. The van der Waals surface area contributed by atoms with Gasteiger partial charge in [0.05, 0.1) is 6.61 Å². The van der Waals surface area contributed by atoms with Gasteiger partial charge in [-0.15, -0.1) is 0 Å². The number of piperidine rings is 1. The summed E-state index contributed by atoms with van der Waals surface area (Å²) in [6.45, 7) is 8.85. The monoisotopic (exact) mass is 402 g/mol. The zero-order valence-corrected chi connectivity index (χ0v) is 17.6. The van der Waals surface area contributed by atoms with Crippen molar-refractivity contribution in [3.8, 4) is 0 Å². The highest BCUT2D eigenvalue weighted by Gasteiger charge is 2.54. The maximum absolute atomic E-state index is 13.3. The Morgan fingerprint density at radius 3 is 2.24 bits per heavy atom. The van der Waals surface area contributed by atoms with Gasteiger partial charge in [-0.25, -0.2) is 4.79 Å². The number of benzene rings is 1. The van der Waals surface area contributed by atoms with Gasteiger partial charge in [-0.05, 0) is 24.5 Å². The number of ether oxygens (including phenoxy) is 1. The van der Waals surface area contributed by atoms with E-state index in [1.165, 1.54) is 4.90 Å². The molecule has 0 unspecified atom stereocenters. The van der Waals surface area contributed by atoms with Crippen molar-refractivity contribution in [2.24, 2.45) is 5.41 Å².